The highest BCUT2D eigenvalue weighted by Gasteiger charge is 2.11. The molecule has 0 atom stereocenters. The van der Waals surface area contributed by atoms with Crippen LogP contribution < -0.4 is 10.6 Å². The Balaban J connectivity index is 1.51. The Morgan fingerprint density at radius 3 is 2.32 bits per heavy atom. The summed E-state index contributed by atoms with van der Waals surface area (Å²) in [7, 11) is 0. The maximum atomic E-state index is 12.3. The van der Waals surface area contributed by atoms with Gasteiger partial charge >= 0.3 is 0 Å². The molecule has 28 heavy (non-hydrogen) atoms. The Labute approximate surface area is 168 Å². The second-order valence-corrected chi connectivity index (χ2v) is 7.84. The van der Waals surface area contributed by atoms with E-state index in [-0.39, 0.29) is 18.4 Å². The molecular formula is C21H22N4O2S. The molecule has 0 bridgehead atoms. The topological polar surface area (TPSA) is 84.0 Å². The SMILES string of the molecule is CC(C)Cc1nnc(NC(=O)CNC(=O)c2ccc(-c3ccccc3)cc2)s1. The van der Waals surface area contributed by atoms with Gasteiger partial charge in [-0.1, -0.05) is 67.6 Å². The molecule has 0 saturated heterocycles. The van der Waals surface area contributed by atoms with Crippen LogP contribution in [0.2, 0.25) is 0 Å². The van der Waals surface area contributed by atoms with Crippen molar-refractivity contribution in [2.24, 2.45) is 5.92 Å². The van der Waals surface area contributed by atoms with Crippen LogP contribution in [0.15, 0.2) is 54.6 Å². The van der Waals surface area contributed by atoms with Gasteiger partial charge < -0.3 is 5.32 Å². The van der Waals surface area contributed by atoms with Crippen molar-refractivity contribution in [2.75, 3.05) is 11.9 Å². The zero-order chi connectivity index (χ0) is 19.9. The molecule has 3 aromatic rings. The van der Waals surface area contributed by atoms with Crippen molar-refractivity contribution in [1.29, 1.82) is 0 Å². The molecule has 0 aliphatic rings. The Morgan fingerprint density at radius 2 is 1.64 bits per heavy atom. The molecule has 0 saturated carbocycles. The summed E-state index contributed by atoms with van der Waals surface area (Å²) >= 11 is 1.35. The predicted octanol–water partition coefficient (Wildman–Crippen LogP) is 3.77. The fraction of sp³-hybridized carbons (Fsp3) is 0.238. The number of carbonyl (C=O) groups is 2. The molecule has 0 spiro atoms. The smallest absolute Gasteiger partial charge is 0.251 e. The van der Waals surface area contributed by atoms with E-state index < -0.39 is 0 Å². The summed E-state index contributed by atoms with van der Waals surface area (Å²) in [4.78, 5) is 24.3. The van der Waals surface area contributed by atoms with E-state index >= 15 is 0 Å². The second kappa shape index (κ2) is 9.23. The van der Waals surface area contributed by atoms with E-state index in [0.29, 0.717) is 16.6 Å². The number of aromatic nitrogens is 2. The molecule has 3 rings (SSSR count). The zero-order valence-electron chi connectivity index (χ0n) is 15.8. The molecule has 0 aliphatic carbocycles. The molecule has 0 fully saturated rings. The van der Waals surface area contributed by atoms with Crippen molar-refractivity contribution in [3.05, 3.63) is 65.2 Å². The number of benzene rings is 2. The van der Waals surface area contributed by atoms with Crippen molar-refractivity contribution < 1.29 is 9.59 Å². The minimum Gasteiger partial charge on any atom is -0.343 e. The van der Waals surface area contributed by atoms with Gasteiger partial charge in [-0.25, -0.2) is 0 Å². The fourth-order valence-corrected chi connectivity index (χ4v) is 3.57. The summed E-state index contributed by atoms with van der Waals surface area (Å²) in [5.74, 6) is -0.155. The van der Waals surface area contributed by atoms with E-state index in [9.17, 15) is 9.59 Å². The van der Waals surface area contributed by atoms with Gasteiger partial charge in [-0.05, 0) is 29.2 Å². The average Bonchev–Trinajstić information content (AvgIpc) is 3.13. The molecule has 2 amide bonds. The van der Waals surface area contributed by atoms with E-state index in [4.69, 9.17) is 0 Å². The minimum absolute atomic E-state index is 0.127. The van der Waals surface area contributed by atoms with E-state index in [2.05, 4.69) is 34.7 Å². The largest absolute Gasteiger partial charge is 0.343 e. The first kappa shape index (κ1) is 19.7. The van der Waals surface area contributed by atoms with Crippen molar-refractivity contribution >= 4 is 28.3 Å². The molecule has 7 heteroatoms. The number of rotatable bonds is 7. The standard InChI is InChI=1S/C21H22N4O2S/c1-14(2)12-19-24-25-21(28-19)23-18(26)13-22-20(27)17-10-8-16(9-11-17)15-6-4-3-5-7-15/h3-11,14H,12-13H2,1-2H3,(H,22,27)(H,23,25,26). The summed E-state index contributed by atoms with van der Waals surface area (Å²) in [5, 5.41) is 14.6. The maximum absolute atomic E-state index is 12.3. The lowest BCUT2D eigenvalue weighted by molar-refractivity contribution is -0.115. The third kappa shape index (κ3) is 5.47. The molecule has 0 aliphatic heterocycles. The lowest BCUT2D eigenvalue weighted by Crippen LogP contribution is -2.32. The van der Waals surface area contributed by atoms with Crippen LogP contribution in [0.4, 0.5) is 5.13 Å². The summed E-state index contributed by atoms with van der Waals surface area (Å²) in [6.07, 6.45) is 0.823. The number of amides is 2. The highest BCUT2D eigenvalue weighted by atomic mass is 32.1. The highest BCUT2D eigenvalue weighted by Crippen LogP contribution is 2.19. The lowest BCUT2D eigenvalue weighted by Gasteiger charge is -2.06. The fourth-order valence-electron chi connectivity index (χ4n) is 2.61. The van der Waals surface area contributed by atoms with Crippen LogP contribution in [0.1, 0.15) is 29.2 Å². The predicted molar refractivity (Wildman–Crippen MR) is 111 cm³/mol. The maximum Gasteiger partial charge on any atom is 0.251 e. The van der Waals surface area contributed by atoms with Crippen molar-refractivity contribution in [3.63, 3.8) is 0 Å². The molecule has 2 N–H and O–H groups in total. The zero-order valence-corrected chi connectivity index (χ0v) is 16.6. The van der Waals surface area contributed by atoms with Crippen LogP contribution in [0.3, 0.4) is 0 Å². The second-order valence-electron chi connectivity index (χ2n) is 6.77. The van der Waals surface area contributed by atoms with Crippen molar-refractivity contribution in [2.45, 2.75) is 20.3 Å². The van der Waals surface area contributed by atoms with Crippen LogP contribution in [-0.4, -0.2) is 28.6 Å². The average molecular weight is 395 g/mol. The van der Waals surface area contributed by atoms with Gasteiger partial charge in [0.2, 0.25) is 11.0 Å². The Hall–Kier alpha value is -3.06. The monoisotopic (exact) mass is 394 g/mol. The van der Waals surface area contributed by atoms with Crippen molar-refractivity contribution in [3.8, 4) is 11.1 Å². The summed E-state index contributed by atoms with van der Waals surface area (Å²) < 4.78 is 0. The van der Waals surface area contributed by atoms with Crippen LogP contribution in [0.25, 0.3) is 11.1 Å². The van der Waals surface area contributed by atoms with Crippen molar-refractivity contribution in [1.82, 2.24) is 15.5 Å². The number of hydrogen-bond donors (Lipinski definition) is 2. The Kier molecular flexibility index (Phi) is 6.49. The van der Waals surface area contributed by atoms with Gasteiger partial charge in [-0.2, -0.15) is 0 Å². The van der Waals surface area contributed by atoms with Gasteiger partial charge in [0.1, 0.15) is 5.01 Å². The third-order valence-corrected chi connectivity index (χ3v) is 4.82. The van der Waals surface area contributed by atoms with Gasteiger partial charge in [-0.15, -0.1) is 10.2 Å². The number of carbonyl (C=O) groups excluding carboxylic acids is 2. The summed E-state index contributed by atoms with van der Waals surface area (Å²) in [6.45, 7) is 4.07. The Morgan fingerprint density at radius 1 is 0.964 bits per heavy atom. The normalized spacial score (nSPS) is 10.7. The van der Waals surface area contributed by atoms with Gasteiger partial charge in [0, 0.05) is 12.0 Å². The van der Waals surface area contributed by atoms with Gasteiger partial charge in [0.15, 0.2) is 0 Å². The number of nitrogens with one attached hydrogen (secondary N) is 2. The van der Waals surface area contributed by atoms with E-state index in [1.807, 2.05) is 42.5 Å². The number of anilines is 1. The van der Waals surface area contributed by atoms with Crippen LogP contribution in [-0.2, 0) is 11.2 Å². The molecular weight excluding hydrogens is 372 g/mol. The number of nitrogens with zero attached hydrogens (tertiary/aromatic N) is 2. The van der Waals surface area contributed by atoms with Gasteiger partial charge in [0.25, 0.3) is 5.91 Å². The Bertz CT molecular complexity index is 937. The van der Waals surface area contributed by atoms with E-state index in [0.717, 1.165) is 22.6 Å². The van der Waals surface area contributed by atoms with Gasteiger partial charge in [0.05, 0.1) is 6.54 Å². The molecule has 144 valence electrons. The van der Waals surface area contributed by atoms with E-state index in [1.165, 1.54) is 11.3 Å². The first-order valence-corrected chi connectivity index (χ1v) is 9.89. The van der Waals surface area contributed by atoms with Crippen LogP contribution in [0, 0.1) is 5.92 Å². The molecule has 1 aromatic heterocycles. The quantitative estimate of drug-likeness (QED) is 0.639. The summed E-state index contributed by atoms with van der Waals surface area (Å²) in [6, 6.07) is 17.2. The van der Waals surface area contributed by atoms with Gasteiger partial charge in [-0.3, -0.25) is 14.9 Å². The molecule has 0 unspecified atom stereocenters. The molecule has 1 heterocycles. The first-order chi connectivity index (χ1) is 13.5. The first-order valence-electron chi connectivity index (χ1n) is 9.07. The molecule has 2 aromatic carbocycles. The summed E-state index contributed by atoms with van der Waals surface area (Å²) in [5.41, 5.74) is 2.62. The number of hydrogen-bond acceptors (Lipinski definition) is 5. The molecule has 6 nitrogen and oxygen atoms in total. The van der Waals surface area contributed by atoms with Crippen LogP contribution >= 0.6 is 11.3 Å². The third-order valence-electron chi connectivity index (χ3n) is 3.96. The van der Waals surface area contributed by atoms with E-state index in [1.54, 1.807) is 12.1 Å². The highest BCUT2D eigenvalue weighted by molar-refractivity contribution is 7.15. The molecule has 0 radical (unpaired) electrons. The minimum atomic E-state index is -0.332. The lowest BCUT2D eigenvalue weighted by atomic mass is 10.0. The van der Waals surface area contributed by atoms with Crippen LogP contribution in [0.5, 0.6) is 0 Å².